The normalized spacial score (nSPS) is 12.1. The van der Waals surface area contributed by atoms with Crippen LogP contribution < -0.4 is 5.32 Å². The highest BCUT2D eigenvalue weighted by Crippen LogP contribution is 2.30. The van der Waals surface area contributed by atoms with Gasteiger partial charge in [-0.05, 0) is 77.7 Å². The van der Waals surface area contributed by atoms with Crippen LogP contribution in [0.25, 0.3) is 0 Å². The number of phenols is 1. The summed E-state index contributed by atoms with van der Waals surface area (Å²) in [5.74, 6) is 0.339. The molecule has 2 aromatic carbocycles. The second-order valence-electron chi connectivity index (χ2n) is 7.00. The van der Waals surface area contributed by atoms with Gasteiger partial charge in [0.2, 0.25) is 0 Å². The molecule has 0 spiro atoms. The van der Waals surface area contributed by atoms with Gasteiger partial charge in [-0.25, -0.2) is 0 Å². The molecule has 0 heterocycles. The molecular weight excluding hydrogens is 338 g/mol. The number of benzene rings is 2. The molecule has 0 radical (unpaired) electrons. The predicted octanol–water partition coefficient (Wildman–Crippen LogP) is 4.11. The highest BCUT2D eigenvalue weighted by molar-refractivity contribution is 5.94. The van der Waals surface area contributed by atoms with Crippen molar-refractivity contribution >= 4 is 17.3 Å². The number of phenolic OH excluding ortho intramolecular Hbond substituents is 1. The zero-order chi connectivity index (χ0) is 20.0. The first-order chi connectivity index (χ1) is 12.9. The average Bonchev–Trinajstić information content (AvgIpc) is 2.65. The van der Waals surface area contributed by atoms with Crippen molar-refractivity contribution in [2.24, 2.45) is 0 Å². The Balaban J connectivity index is 2.20. The second kappa shape index (κ2) is 9.42. The van der Waals surface area contributed by atoms with Gasteiger partial charge in [-0.15, -0.1) is 0 Å². The molecule has 5 nitrogen and oxygen atoms in total. The topological polar surface area (TPSA) is 55.8 Å². The molecule has 2 rings (SSSR count). The molecule has 0 bridgehead atoms. The van der Waals surface area contributed by atoms with Crippen molar-refractivity contribution in [3.8, 4) is 5.75 Å². The molecule has 1 unspecified atom stereocenters. The molecule has 0 aromatic heterocycles. The Labute approximate surface area is 162 Å². The number of nitrogens with one attached hydrogen (secondary N) is 1. The summed E-state index contributed by atoms with van der Waals surface area (Å²) in [6.45, 7) is 7.49. The third-order valence-corrected chi connectivity index (χ3v) is 4.99. The maximum absolute atomic E-state index is 12.4. The van der Waals surface area contributed by atoms with Gasteiger partial charge in [0.25, 0.3) is 5.91 Å². The number of hydrogen-bond acceptors (Lipinski definition) is 4. The Bertz CT molecular complexity index is 753. The summed E-state index contributed by atoms with van der Waals surface area (Å²) < 4.78 is 0. The maximum Gasteiger partial charge on any atom is 0.253 e. The Morgan fingerprint density at radius 1 is 1.07 bits per heavy atom. The van der Waals surface area contributed by atoms with E-state index in [1.54, 1.807) is 11.0 Å². The number of likely N-dealkylation sites (N-methyl/N-ethyl adjacent to an activating group) is 1. The number of carbonyl (C=O) groups is 1. The molecule has 5 heteroatoms. The number of nitrogens with zero attached hydrogens (tertiary/aromatic N) is 2. The van der Waals surface area contributed by atoms with E-state index in [0.717, 1.165) is 23.4 Å². The maximum atomic E-state index is 12.4. The molecule has 0 fully saturated rings. The lowest BCUT2D eigenvalue weighted by Crippen LogP contribution is -2.30. The van der Waals surface area contributed by atoms with Crippen LogP contribution in [0.2, 0.25) is 0 Å². The van der Waals surface area contributed by atoms with Gasteiger partial charge in [0, 0.05) is 41.6 Å². The zero-order valence-electron chi connectivity index (χ0n) is 17.0. The Morgan fingerprint density at radius 3 is 2.26 bits per heavy atom. The number of anilines is 2. The van der Waals surface area contributed by atoms with Crippen LogP contribution in [0, 0.1) is 0 Å². The van der Waals surface area contributed by atoms with Crippen LogP contribution >= 0.6 is 0 Å². The molecule has 0 aliphatic rings. The monoisotopic (exact) mass is 369 g/mol. The highest BCUT2D eigenvalue weighted by atomic mass is 16.3. The Hall–Kier alpha value is -2.53. The minimum Gasteiger partial charge on any atom is -0.508 e. The zero-order valence-corrected chi connectivity index (χ0v) is 17.0. The van der Waals surface area contributed by atoms with Gasteiger partial charge >= 0.3 is 0 Å². The van der Waals surface area contributed by atoms with Crippen molar-refractivity contribution in [3.63, 3.8) is 0 Å². The first-order valence-electron chi connectivity index (χ1n) is 9.51. The van der Waals surface area contributed by atoms with E-state index in [9.17, 15) is 9.90 Å². The second-order valence-corrected chi connectivity index (χ2v) is 7.00. The lowest BCUT2D eigenvalue weighted by Gasteiger charge is -2.22. The molecule has 2 N–H and O–H groups in total. The van der Waals surface area contributed by atoms with Gasteiger partial charge in [0.1, 0.15) is 5.75 Å². The molecule has 1 amide bonds. The lowest BCUT2D eigenvalue weighted by molar-refractivity contribution is 0.0773. The standard InChI is InChI=1S/C22H31N3O2/c1-6-25(7-2)22(27)17-11-13-18(14-12-17)23-20-9-8-10-21(26)19(20)15-16(3)24(4)5/h8-14,16,23,26H,6-7,15H2,1-5H3. The van der Waals surface area contributed by atoms with Crippen LogP contribution in [-0.2, 0) is 6.42 Å². The quantitative estimate of drug-likeness (QED) is 0.735. The SMILES string of the molecule is CCN(CC)C(=O)c1ccc(Nc2cccc(O)c2CC(C)N(C)C)cc1. The fourth-order valence-corrected chi connectivity index (χ4v) is 2.93. The van der Waals surface area contributed by atoms with Crippen LogP contribution in [-0.4, -0.2) is 54.0 Å². The van der Waals surface area contributed by atoms with Crippen molar-refractivity contribution in [3.05, 3.63) is 53.6 Å². The van der Waals surface area contributed by atoms with Crippen molar-refractivity contribution in [1.82, 2.24) is 9.80 Å². The molecular formula is C22H31N3O2. The van der Waals surface area contributed by atoms with E-state index in [1.807, 2.05) is 64.3 Å². The van der Waals surface area contributed by atoms with Gasteiger partial charge in [0.15, 0.2) is 0 Å². The number of hydrogen-bond donors (Lipinski definition) is 2. The minimum atomic E-state index is 0.0457. The number of amides is 1. The van der Waals surface area contributed by atoms with Crippen LogP contribution in [0.4, 0.5) is 11.4 Å². The molecule has 0 aliphatic carbocycles. The van der Waals surface area contributed by atoms with E-state index < -0.39 is 0 Å². The van der Waals surface area contributed by atoms with E-state index in [2.05, 4.69) is 17.1 Å². The van der Waals surface area contributed by atoms with Crippen molar-refractivity contribution in [2.75, 3.05) is 32.5 Å². The number of carbonyl (C=O) groups excluding carboxylic acids is 1. The van der Waals surface area contributed by atoms with Crippen LogP contribution in [0.1, 0.15) is 36.7 Å². The Morgan fingerprint density at radius 2 is 1.70 bits per heavy atom. The summed E-state index contributed by atoms with van der Waals surface area (Å²) in [4.78, 5) is 16.4. The van der Waals surface area contributed by atoms with Crippen molar-refractivity contribution in [1.29, 1.82) is 0 Å². The molecule has 0 saturated carbocycles. The van der Waals surface area contributed by atoms with Crippen molar-refractivity contribution < 1.29 is 9.90 Å². The largest absolute Gasteiger partial charge is 0.508 e. The van der Waals surface area contributed by atoms with E-state index in [1.165, 1.54) is 0 Å². The molecule has 27 heavy (non-hydrogen) atoms. The lowest BCUT2D eigenvalue weighted by atomic mass is 10.0. The Kier molecular flexibility index (Phi) is 7.25. The molecule has 2 aromatic rings. The summed E-state index contributed by atoms with van der Waals surface area (Å²) in [6.07, 6.45) is 0.737. The van der Waals surface area contributed by atoms with Gasteiger partial charge in [-0.2, -0.15) is 0 Å². The summed E-state index contributed by atoms with van der Waals surface area (Å²) in [5, 5.41) is 13.7. The summed E-state index contributed by atoms with van der Waals surface area (Å²) in [5.41, 5.74) is 3.34. The molecule has 0 aliphatic heterocycles. The summed E-state index contributed by atoms with van der Waals surface area (Å²) >= 11 is 0. The van der Waals surface area contributed by atoms with E-state index >= 15 is 0 Å². The fourth-order valence-electron chi connectivity index (χ4n) is 2.93. The predicted molar refractivity (Wildman–Crippen MR) is 112 cm³/mol. The third-order valence-electron chi connectivity index (χ3n) is 4.99. The van der Waals surface area contributed by atoms with E-state index in [4.69, 9.17) is 0 Å². The van der Waals surface area contributed by atoms with Gasteiger partial charge < -0.3 is 20.2 Å². The summed E-state index contributed by atoms with van der Waals surface area (Å²) in [7, 11) is 4.06. The van der Waals surface area contributed by atoms with Gasteiger partial charge in [0.05, 0.1) is 0 Å². The number of rotatable bonds is 8. The smallest absolute Gasteiger partial charge is 0.253 e. The highest BCUT2D eigenvalue weighted by Gasteiger charge is 2.15. The average molecular weight is 370 g/mol. The minimum absolute atomic E-state index is 0.0457. The van der Waals surface area contributed by atoms with Gasteiger partial charge in [-0.3, -0.25) is 4.79 Å². The van der Waals surface area contributed by atoms with Crippen LogP contribution in [0.3, 0.4) is 0 Å². The van der Waals surface area contributed by atoms with E-state index in [0.29, 0.717) is 30.4 Å². The van der Waals surface area contributed by atoms with Crippen molar-refractivity contribution in [2.45, 2.75) is 33.2 Å². The first-order valence-corrected chi connectivity index (χ1v) is 9.51. The fraction of sp³-hybridized carbons (Fsp3) is 0.409. The van der Waals surface area contributed by atoms with E-state index in [-0.39, 0.29) is 5.91 Å². The van der Waals surface area contributed by atoms with Gasteiger partial charge in [-0.1, -0.05) is 6.07 Å². The third kappa shape index (κ3) is 5.23. The van der Waals surface area contributed by atoms with Crippen LogP contribution in [0.5, 0.6) is 5.75 Å². The molecule has 146 valence electrons. The first kappa shape index (κ1) is 20.8. The number of aromatic hydroxyl groups is 1. The summed E-state index contributed by atoms with van der Waals surface area (Å²) in [6, 6.07) is 13.3. The molecule has 1 atom stereocenters. The molecule has 0 saturated heterocycles. The van der Waals surface area contributed by atoms with Crippen LogP contribution in [0.15, 0.2) is 42.5 Å².